The highest BCUT2D eigenvalue weighted by atomic mass is 19.4. The largest absolute Gasteiger partial charge is 0.416 e. The predicted octanol–water partition coefficient (Wildman–Crippen LogP) is 7.52. The third kappa shape index (κ3) is 5.38. The molecular weight excluding hydrogens is 530 g/mol. The van der Waals surface area contributed by atoms with Crippen LogP contribution in [-0.2, 0) is 35.5 Å². The fraction of sp³-hybridized carbons (Fsp3) is 0.581. The molecule has 1 heterocycles. The number of amides is 1. The Morgan fingerprint density at radius 2 is 1.57 bits per heavy atom. The number of carbonyl (C=O) groups excluding carboxylic acids is 1. The lowest BCUT2D eigenvalue weighted by molar-refractivity contribution is -0.143. The van der Waals surface area contributed by atoms with Crippen LogP contribution >= 0.6 is 0 Å². The number of likely N-dealkylation sites (tertiary alicyclic amines) is 1. The van der Waals surface area contributed by atoms with E-state index in [1.807, 2.05) is 13.8 Å². The minimum Gasteiger partial charge on any atom is -0.352 e. The van der Waals surface area contributed by atoms with Gasteiger partial charge in [0, 0.05) is 12.6 Å². The summed E-state index contributed by atoms with van der Waals surface area (Å²) >= 11 is 0. The van der Waals surface area contributed by atoms with Crippen LogP contribution in [0.2, 0.25) is 0 Å². The zero-order valence-corrected chi connectivity index (χ0v) is 22.9. The van der Waals surface area contributed by atoms with Crippen molar-refractivity contribution < 1.29 is 31.1 Å². The zero-order valence-electron chi connectivity index (χ0n) is 22.9. The van der Waals surface area contributed by atoms with Gasteiger partial charge in [0.2, 0.25) is 5.91 Å². The lowest BCUT2D eigenvalue weighted by atomic mass is 9.73. The topological polar surface area (TPSA) is 32.3 Å². The molecule has 1 saturated heterocycles. The normalized spacial score (nSPS) is 25.0. The van der Waals surface area contributed by atoms with Gasteiger partial charge in [0.25, 0.3) is 0 Å². The van der Waals surface area contributed by atoms with Crippen LogP contribution in [0.1, 0.15) is 80.2 Å². The van der Waals surface area contributed by atoms with Gasteiger partial charge < -0.3 is 10.2 Å². The van der Waals surface area contributed by atoms with Crippen LogP contribution in [0, 0.1) is 11.3 Å². The number of fused-ring (bicyclic) bond motifs is 2. The molecule has 0 bridgehead atoms. The summed E-state index contributed by atoms with van der Waals surface area (Å²) in [4.78, 5) is 16.0. The second kappa shape index (κ2) is 10.4. The second-order valence-electron chi connectivity index (χ2n) is 12.3. The van der Waals surface area contributed by atoms with Crippen molar-refractivity contribution in [2.24, 2.45) is 11.3 Å². The molecule has 1 aliphatic heterocycles. The fourth-order valence-corrected chi connectivity index (χ4v) is 7.43. The summed E-state index contributed by atoms with van der Waals surface area (Å²) in [6, 6.07) is 10.4. The second-order valence-corrected chi connectivity index (χ2v) is 12.3. The van der Waals surface area contributed by atoms with Gasteiger partial charge in [-0.3, -0.25) is 4.79 Å². The number of benzene rings is 2. The Hall–Kier alpha value is -2.55. The van der Waals surface area contributed by atoms with Crippen LogP contribution in [0.15, 0.2) is 42.5 Å². The van der Waals surface area contributed by atoms with E-state index in [-0.39, 0.29) is 34.9 Å². The van der Waals surface area contributed by atoms with E-state index in [2.05, 4.69) is 34.5 Å². The van der Waals surface area contributed by atoms with E-state index < -0.39 is 35.4 Å². The molecule has 2 aliphatic carbocycles. The molecule has 1 spiro atoms. The molecule has 2 atom stereocenters. The number of carbonyl (C=O) groups is 1. The number of rotatable bonds is 5. The van der Waals surface area contributed by atoms with Crippen molar-refractivity contribution in [2.75, 3.05) is 13.1 Å². The number of halogens is 6. The summed E-state index contributed by atoms with van der Waals surface area (Å²) in [6.07, 6.45) is -3.27. The van der Waals surface area contributed by atoms with Crippen LogP contribution in [0.5, 0.6) is 0 Å². The number of hydrogen-bond acceptors (Lipinski definition) is 2. The first-order chi connectivity index (χ1) is 18.7. The summed E-state index contributed by atoms with van der Waals surface area (Å²) in [6.45, 7) is 5.46. The molecule has 218 valence electrons. The van der Waals surface area contributed by atoms with Crippen LogP contribution in [-0.4, -0.2) is 29.9 Å². The first kappa shape index (κ1) is 29.0. The van der Waals surface area contributed by atoms with E-state index in [4.69, 9.17) is 0 Å². The molecule has 40 heavy (non-hydrogen) atoms. The van der Waals surface area contributed by atoms with Crippen LogP contribution in [0.25, 0.3) is 0 Å². The maximum atomic E-state index is 13.5. The molecule has 2 unspecified atom stereocenters. The van der Waals surface area contributed by atoms with Gasteiger partial charge in [0.1, 0.15) is 0 Å². The molecule has 1 amide bonds. The quantitative estimate of drug-likeness (QED) is 0.380. The van der Waals surface area contributed by atoms with E-state index >= 15 is 0 Å². The average molecular weight is 567 g/mol. The van der Waals surface area contributed by atoms with Crippen molar-refractivity contribution in [3.63, 3.8) is 0 Å². The van der Waals surface area contributed by atoms with Gasteiger partial charge in [-0.25, -0.2) is 0 Å². The zero-order chi connectivity index (χ0) is 28.9. The molecule has 1 saturated carbocycles. The number of alkyl halides is 6. The van der Waals surface area contributed by atoms with Crippen molar-refractivity contribution in [2.45, 2.75) is 89.1 Å². The van der Waals surface area contributed by atoms with Crippen LogP contribution < -0.4 is 5.32 Å². The Labute approximate surface area is 231 Å². The molecule has 2 fully saturated rings. The van der Waals surface area contributed by atoms with Crippen molar-refractivity contribution in [3.8, 4) is 0 Å². The number of piperidine rings is 1. The van der Waals surface area contributed by atoms with Gasteiger partial charge in [0.15, 0.2) is 0 Å². The lowest BCUT2D eigenvalue weighted by Gasteiger charge is -2.43. The highest BCUT2D eigenvalue weighted by Gasteiger charge is 2.50. The Kier molecular flexibility index (Phi) is 7.51. The summed E-state index contributed by atoms with van der Waals surface area (Å²) in [5, 5.41) is 2.70. The molecular formula is C31H36F6N2O. The van der Waals surface area contributed by atoms with Gasteiger partial charge in [-0.2, -0.15) is 26.3 Å². The Bertz CT molecular complexity index is 1210. The molecule has 2 aromatic rings. The van der Waals surface area contributed by atoms with E-state index in [1.165, 1.54) is 17.5 Å². The standard InChI is InChI=1S/C31H36F6N2O/c1-20(2)29(27(40)38-19-21-15-23(30(32,33)34)17-24(16-21)31(35,36)37)10-8-25(18-29)39-13-11-28(12-14-39)9-7-22-5-3-4-6-26(22)28/h3-6,15-17,20,25H,7-14,18-19H2,1-2H3,(H,38,40). The minimum absolute atomic E-state index is 0.0254. The Morgan fingerprint density at radius 1 is 0.950 bits per heavy atom. The maximum Gasteiger partial charge on any atom is 0.416 e. The highest BCUT2D eigenvalue weighted by Crippen LogP contribution is 2.50. The molecule has 0 radical (unpaired) electrons. The van der Waals surface area contributed by atoms with E-state index in [9.17, 15) is 31.1 Å². The monoisotopic (exact) mass is 566 g/mol. The number of aryl methyl sites for hydroxylation is 1. The molecule has 5 rings (SSSR count). The molecule has 3 aliphatic rings. The molecule has 2 aromatic carbocycles. The molecule has 3 nitrogen and oxygen atoms in total. The summed E-state index contributed by atoms with van der Waals surface area (Å²) < 4.78 is 79.7. The van der Waals surface area contributed by atoms with Gasteiger partial charge in [-0.1, -0.05) is 38.1 Å². The fourth-order valence-electron chi connectivity index (χ4n) is 7.43. The van der Waals surface area contributed by atoms with Crippen LogP contribution in [0.4, 0.5) is 26.3 Å². The maximum absolute atomic E-state index is 13.5. The van der Waals surface area contributed by atoms with Gasteiger partial charge in [-0.15, -0.1) is 0 Å². The average Bonchev–Trinajstić information content (AvgIpc) is 3.51. The van der Waals surface area contributed by atoms with Gasteiger partial charge in [-0.05, 0) is 104 Å². The summed E-state index contributed by atoms with van der Waals surface area (Å²) in [5.74, 6) is -0.322. The first-order valence-corrected chi connectivity index (χ1v) is 14.1. The third-order valence-corrected chi connectivity index (χ3v) is 9.91. The number of hydrogen-bond donors (Lipinski definition) is 1. The van der Waals surface area contributed by atoms with Gasteiger partial charge >= 0.3 is 12.4 Å². The minimum atomic E-state index is -4.93. The summed E-state index contributed by atoms with van der Waals surface area (Å²) in [7, 11) is 0. The number of nitrogens with zero attached hydrogens (tertiary/aromatic N) is 1. The van der Waals surface area contributed by atoms with E-state index in [0.29, 0.717) is 25.0 Å². The summed E-state index contributed by atoms with van der Waals surface area (Å²) in [5.41, 5.74) is -0.511. The van der Waals surface area contributed by atoms with Gasteiger partial charge in [0.05, 0.1) is 16.5 Å². The molecule has 9 heteroatoms. The van der Waals surface area contributed by atoms with E-state index in [1.54, 1.807) is 0 Å². The SMILES string of the molecule is CC(C)C1(C(=O)NCc2cc(C(F)(F)F)cc(C(F)(F)F)c2)CCC(N2CCC3(CCc4ccccc43)CC2)C1. The molecule has 1 N–H and O–H groups in total. The van der Waals surface area contributed by atoms with Crippen LogP contribution in [0.3, 0.4) is 0 Å². The number of nitrogens with one attached hydrogen (secondary N) is 1. The smallest absolute Gasteiger partial charge is 0.352 e. The van der Waals surface area contributed by atoms with Crippen molar-refractivity contribution in [1.29, 1.82) is 0 Å². The Balaban J connectivity index is 1.26. The van der Waals surface area contributed by atoms with Crippen molar-refractivity contribution >= 4 is 5.91 Å². The molecule has 0 aromatic heterocycles. The Morgan fingerprint density at radius 3 is 2.17 bits per heavy atom. The van der Waals surface area contributed by atoms with Crippen molar-refractivity contribution in [3.05, 3.63) is 70.3 Å². The highest BCUT2D eigenvalue weighted by molar-refractivity contribution is 5.83. The predicted molar refractivity (Wildman–Crippen MR) is 140 cm³/mol. The third-order valence-electron chi connectivity index (χ3n) is 9.91. The lowest BCUT2D eigenvalue weighted by Crippen LogP contribution is -2.47. The first-order valence-electron chi connectivity index (χ1n) is 14.1. The van der Waals surface area contributed by atoms with E-state index in [0.717, 1.165) is 38.8 Å². The van der Waals surface area contributed by atoms with Crippen molar-refractivity contribution in [1.82, 2.24) is 10.2 Å².